The molecule has 1 aliphatic rings. The first-order valence-corrected chi connectivity index (χ1v) is 8.53. The smallest absolute Gasteiger partial charge is 0.319 e. The lowest BCUT2D eigenvalue weighted by Gasteiger charge is -2.12. The van der Waals surface area contributed by atoms with E-state index >= 15 is 0 Å². The molecule has 134 valence electrons. The predicted octanol–water partition coefficient (Wildman–Crippen LogP) is 3.41. The summed E-state index contributed by atoms with van der Waals surface area (Å²) in [7, 11) is 3.09. The molecule has 0 spiro atoms. The Bertz CT molecular complexity index is 1010. The summed E-state index contributed by atoms with van der Waals surface area (Å²) in [5, 5.41) is 8.95. The zero-order chi connectivity index (χ0) is 18.3. The van der Waals surface area contributed by atoms with Gasteiger partial charge in [-0.2, -0.15) is 14.7 Å². The van der Waals surface area contributed by atoms with E-state index in [9.17, 15) is 0 Å². The van der Waals surface area contributed by atoms with Gasteiger partial charge in [-0.25, -0.2) is 4.98 Å². The van der Waals surface area contributed by atoms with Crippen molar-refractivity contribution in [3.8, 4) is 23.1 Å². The number of methoxy groups -OCH3 is 2. The first-order valence-electron chi connectivity index (χ1n) is 8.53. The molecule has 0 aliphatic heterocycles. The molecule has 0 unspecified atom stereocenters. The molecule has 7 heteroatoms. The van der Waals surface area contributed by atoms with Crippen molar-refractivity contribution in [3.05, 3.63) is 36.2 Å². The van der Waals surface area contributed by atoms with E-state index in [0.29, 0.717) is 17.1 Å². The van der Waals surface area contributed by atoms with Crippen molar-refractivity contribution in [2.45, 2.75) is 26.7 Å². The minimum absolute atomic E-state index is 0.205. The quantitative estimate of drug-likeness (QED) is 0.717. The molecule has 0 radical (unpaired) electrons. The SMILES string of the molecule is COc1ncc(-c2cc(C3=CC(C)(C)CC3)c3ccnn3n2)c(OC)n1. The Labute approximate surface area is 151 Å². The van der Waals surface area contributed by atoms with Crippen LogP contribution >= 0.6 is 0 Å². The lowest BCUT2D eigenvalue weighted by Crippen LogP contribution is -2.03. The molecule has 0 N–H and O–H groups in total. The molecular weight excluding hydrogens is 330 g/mol. The molecule has 3 heterocycles. The first kappa shape index (κ1) is 16.5. The Morgan fingerprint density at radius 3 is 2.69 bits per heavy atom. The minimum atomic E-state index is 0.205. The minimum Gasteiger partial charge on any atom is -0.480 e. The Hall–Kier alpha value is -2.96. The van der Waals surface area contributed by atoms with Crippen molar-refractivity contribution < 1.29 is 9.47 Å². The van der Waals surface area contributed by atoms with Gasteiger partial charge in [0.2, 0.25) is 5.88 Å². The van der Waals surface area contributed by atoms with Gasteiger partial charge in [0.15, 0.2) is 0 Å². The van der Waals surface area contributed by atoms with Gasteiger partial charge in [0.05, 0.1) is 31.5 Å². The number of hydrogen-bond donors (Lipinski definition) is 0. The molecule has 0 atom stereocenters. The number of hydrogen-bond acceptors (Lipinski definition) is 6. The van der Waals surface area contributed by atoms with Crippen molar-refractivity contribution in [1.82, 2.24) is 24.8 Å². The van der Waals surface area contributed by atoms with Crippen LogP contribution in [-0.4, -0.2) is 39.0 Å². The van der Waals surface area contributed by atoms with Crippen LogP contribution in [0.4, 0.5) is 0 Å². The summed E-state index contributed by atoms with van der Waals surface area (Å²) < 4.78 is 12.2. The van der Waals surface area contributed by atoms with E-state index in [1.165, 1.54) is 12.7 Å². The monoisotopic (exact) mass is 351 g/mol. The van der Waals surface area contributed by atoms with Crippen LogP contribution in [0.5, 0.6) is 11.9 Å². The third-order valence-electron chi connectivity index (χ3n) is 4.72. The van der Waals surface area contributed by atoms with Crippen LogP contribution in [0.1, 0.15) is 32.3 Å². The van der Waals surface area contributed by atoms with Crippen LogP contribution in [0, 0.1) is 5.41 Å². The van der Waals surface area contributed by atoms with E-state index in [0.717, 1.165) is 23.9 Å². The average molecular weight is 351 g/mol. The molecule has 26 heavy (non-hydrogen) atoms. The van der Waals surface area contributed by atoms with Crippen LogP contribution in [-0.2, 0) is 0 Å². The van der Waals surface area contributed by atoms with Crippen molar-refractivity contribution in [3.63, 3.8) is 0 Å². The number of nitrogens with zero attached hydrogens (tertiary/aromatic N) is 5. The second-order valence-corrected chi connectivity index (χ2v) is 7.09. The third kappa shape index (κ3) is 2.79. The molecule has 3 aromatic rings. The highest BCUT2D eigenvalue weighted by atomic mass is 16.5. The topological polar surface area (TPSA) is 74.4 Å². The standard InChI is InChI=1S/C19H21N5O2/c1-19(2)7-5-12(10-19)13-9-15(23-24-16(13)6-8-21-24)14-11-20-18(26-4)22-17(14)25-3/h6,8-11H,5,7H2,1-4H3. The maximum Gasteiger partial charge on any atom is 0.319 e. The van der Waals surface area contributed by atoms with Crippen molar-refractivity contribution in [2.24, 2.45) is 5.41 Å². The van der Waals surface area contributed by atoms with Crippen molar-refractivity contribution >= 4 is 11.1 Å². The van der Waals surface area contributed by atoms with Crippen molar-refractivity contribution in [2.75, 3.05) is 14.2 Å². The Balaban J connectivity index is 1.90. The van der Waals surface area contributed by atoms with Gasteiger partial charge in [-0.3, -0.25) is 0 Å². The van der Waals surface area contributed by atoms with E-state index in [4.69, 9.17) is 9.47 Å². The lowest BCUT2D eigenvalue weighted by molar-refractivity contribution is 0.353. The van der Waals surface area contributed by atoms with Crippen molar-refractivity contribution in [1.29, 1.82) is 0 Å². The highest BCUT2D eigenvalue weighted by Crippen LogP contribution is 2.41. The molecule has 4 rings (SSSR count). The highest BCUT2D eigenvalue weighted by Gasteiger charge is 2.25. The normalized spacial score (nSPS) is 15.9. The van der Waals surface area contributed by atoms with E-state index < -0.39 is 0 Å². The highest BCUT2D eigenvalue weighted by molar-refractivity contribution is 5.82. The molecule has 0 fully saturated rings. The van der Waals surface area contributed by atoms with Crippen LogP contribution in [0.25, 0.3) is 22.3 Å². The molecule has 0 saturated heterocycles. The lowest BCUT2D eigenvalue weighted by atomic mass is 9.94. The van der Waals surface area contributed by atoms with Gasteiger partial charge in [-0.05, 0) is 36.0 Å². The molecule has 7 nitrogen and oxygen atoms in total. The fourth-order valence-electron chi connectivity index (χ4n) is 3.37. The second kappa shape index (κ2) is 6.09. The molecule has 0 aromatic carbocycles. The summed E-state index contributed by atoms with van der Waals surface area (Å²) in [6.07, 6.45) is 7.95. The summed E-state index contributed by atoms with van der Waals surface area (Å²) in [6, 6.07) is 4.31. The Kier molecular flexibility index (Phi) is 3.86. The van der Waals surface area contributed by atoms with Gasteiger partial charge in [-0.1, -0.05) is 19.9 Å². The van der Waals surface area contributed by atoms with Gasteiger partial charge < -0.3 is 9.47 Å². The zero-order valence-electron chi connectivity index (χ0n) is 15.4. The fraction of sp³-hybridized carbons (Fsp3) is 0.368. The summed E-state index contributed by atoms with van der Waals surface area (Å²) in [5.74, 6) is 0.419. The van der Waals surface area contributed by atoms with E-state index in [1.807, 2.05) is 6.07 Å². The molecule has 1 aliphatic carbocycles. The van der Waals surface area contributed by atoms with E-state index in [2.05, 4.69) is 46.2 Å². The largest absolute Gasteiger partial charge is 0.480 e. The maximum absolute atomic E-state index is 5.42. The van der Waals surface area contributed by atoms with Gasteiger partial charge in [0, 0.05) is 11.8 Å². The van der Waals surface area contributed by atoms with Gasteiger partial charge in [0.1, 0.15) is 5.69 Å². The summed E-state index contributed by atoms with van der Waals surface area (Å²) in [6.45, 7) is 4.52. The fourth-order valence-corrected chi connectivity index (χ4v) is 3.37. The number of aromatic nitrogens is 5. The van der Waals surface area contributed by atoms with Gasteiger partial charge >= 0.3 is 6.01 Å². The van der Waals surface area contributed by atoms with E-state index in [-0.39, 0.29) is 11.4 Å². The molecule has 3 aromatic heterocycles. The zero-order valence-corrected chi connectivity index (χ0v) is 15.4. The first-order chi connectivity index (χ1) is 12.5. The van der Waals surface area contributed by atoms with Crippen LogP contribution in [0.2, 0.25) is 0 Å². The molecular formula is C19H21N5O2. The molecule has 0 bridgehead atoms. The number of fused-ring (bicyclic) bond motifs is 1. The number of ether oxygens (including phenoxy) is 2. The number of rotatable bonds is 4. The van der Waals surface area contributed by atoms with Crippen LogP contribution < -0.4 is 9.47 Å². The van der Waals surface area contributed by atoms with Gasteiger partial charge in [-0.15, -0.1) is 5.10 Å². The Morgan fingerprint density at radius 1 is 1.15 bits per heavy atom. The molecule has 0 saturated carbocycles. The molecule has 0 amide bonds. The second-order valence-electron chi connectivity index (χ2n) is 7.09. The Morgan fingerprint density at radius 2 is 2.00 bits per heavy atom. The average Bonchev–Trinajstić information content (AvgIpc) is 3.26. The van der Waals surface area contributed by atoms with Crippen LogP contribution in [0.15, 0.2) is 30.6 Å². The van der Waals surface area contributed by atoms with E-state index in [1.54, 1.807) is 24.1 Å². The summed E-state index contributed by atoms with van der Waals surface area (Å²) in [5.41, 5.74) is 5.06. The summed E-state index contributed by atoms with van der Waals surface area (Å²) >= 11 is 0. The van der Waals surface area contributed by atoms with Gasteiger partial charge in [0.25, 0.3) is 0 Å². The third-order valence-corrected chi connectivity index (χ3v) is 4.72. The predicted molar refractivity (Wildman–Crippen MR) is 98.1 cm³/mol. The summed E-state index contributed by atoms with van der Waals surface area (Å²) in [4.78, 5) is 8.47. The maximum atomic E-state index is 5.42. The number of allylic oxidation sites excluding steroid dienone is 2. The van der Waals surface area contributed by atoms with Crippen LogP contribution in [0.3, 0.4) is 0 Å².